The first kappa shape index (κ1) is 13.5. The highest BCUT2D eigenvalue weighted by molar-refractivity contribution is 7.13. The molecule has 0 unspecified atom stereocenters. The molecule has 1 aromatic rings. The third kappa shape index (κ3) is 3.28. The monoisotopic (exact) mass is 270 g/mol. The molecule has 6 heteroatoms. The first-order valence-corrected chi connectivity index (χ1v) is 6.96. The van der Waals surface area contributed by atoms with Crippen molar-refractivity contribution in [2.24, 2.45) is 0 Å². The van der Waals surface area contributed by atoms with Crippen LogP contribution in [0.3, 0.4) is 0 Å². The summed E-state index contributed by atoms with van der Waals surface area (Å²) in [7, 11) is 0. The summed E-state index contributed by atoms with van der Waals surface area (Å²) in [6.45, 7) is 6.16. The third-order valence-corrected chi connectivity index (χ3v) is 4.03. The Hall–Kier alpha value is -0.980. The van der Waals surface area contributed by atoms with E-state index in [0.29, 0.717) is 31.2 Å². The van der Waals surface area contributed by atoms with Crippen LogP contribution >= 0.6 is 11.3 Å². The Labute approximate surface area is 111 Å². The third-order valence-electron chi connectivity index (χ3n) is 2.72. The Balaban J connectivity index is 1.88. The number of hydrogen-bond acceptors (Lipinski definition) is 5. The van der Waals surface area contributed by atoms with E-state index in [1.165, 1.54) is 11.3 Å². The van der Waals surface area contributed by atoms with E-state index in [1.54, 1.807) is 0 Å². The van der Waals surface area contributed by atoms with Gasteiger partial charge in [0.15, 0.2) is 0 Å². The van der Waals surface area contributed by atoms with Crippen LogP contribution in [0.15, 0.2) is 0 Å². The molecule has 1 fully saturated rings. The van der Waals surface area contributed by atoms with Crippen molar-refractivity contribution in [3.8, 4) is 0 Å². The van der Waals surface area contributed by atoms with E-state index in [0.717, 1.165) is 17.1 Å². The Morgan fingerprint density at radius 2 is 2.39 bits per heavy atom. The van der Waals surface area contributed by atoms with E-state index < -0.39 is 0 Å². The van der Waals surface area contributed by atoms with E-state index in [4.69, 9.17) is 9.47 Å². The molecule has 1 amide bonds. The van der Waals surface area contributed by atoms with Crippen LogP contribution in [0.25, 0.3) is 0 Å². The SMILES string of the molecule is CCc1nc(C)c(C(=O)NC[C@@H]2COCCO2)s1. The maximum atomic E-state index is 12.0. The van der Waals surface area contributed by atoms with E-state index in [2.05, 4.69) is 10.3 Å². The van der Waals surface area contributed by atoms with Crippen LogP contribution in [0.5, 0.6) is 0 Å². The van der Waals surface area contributed by atoms with Gasteiger partial charge in [0.05, 0.1) is 36.6 Å². The van der Waals surface area contributed by atoms with Gasteiger partial charge in [-0.1, -0.05) is 6.92 Å². The number of carbonyl (C=O) groups is 1. The van der Waals surface area contributed by atoms with Gasteiger partial charge in [-0.3, -0.25) is 4.79 Å². The number of aryl methyl sites for hydroxylation is 2. The van der Waals surface area contributed by atoms with Crippen LogP contribution in [0.1, 0.15) is 27.3 Å². The van der Waals surface area contributed by atoms with Gasteiger partial charge in [-0.2, -0.15) is 0 Å². The molecule has 0 spiro atoms. The van der Waals surface area contributed by atoms with Crippen LogP contribution in [0.4, 0.5) is 0 Å². The van der Waals surface area contributed by atoms with E-state index in [9.17, 15) is 4.79 Å². The molecule has 5 nitrogen and oxygen atoms in total. The van der Waals surface area contributed by atoms with E-state index >= 15 is 0 Å². The smallest absolute Gasteiger partial charge is 0.263 e. The zero-order valence-electron chi connectivity index (χ0n) is 10.7. The van der Waals surface area contributed by atoms with E-state index in [-0.39, 0.29) is 12.0 Å². The number of ether oxygens (including phenoxy) is 2. The van der Waals surface area contributed by atoms with Gasteiger partial charge >= 0.3 is 0 Å². The van der Waals surface area contributed by atoms with Crippen molar-refractivity contribution in [1.82, 2.24) is 10.3 Å². The second-order valence-corrected chi connectivity index (χ2v) is 5.24. The van der Waals surface area contributed by atoms with Gasteiger partial charge in [-0.15, -0.1) is 11.3 Å². The first-order valence-electron chi connectivity index (χ1n) is 6.14. The maximum Gasteiger partial charge on any atom is 0.263 e. The molecule has 0 saturated carbocycles. The van der Waals surface area contributed by atoms with Crippen LogP contribution < -0.4 is 5.32 Å². The van der Waals surface area contributed by atoms with Crippen LogP contribution in [-0.4, -0.2) is 43.4 Å². The summed E-state index contributed by atoms with van der Waals surface area (Å²) in [5.74, 6) is -0.0705. The molecule has 0 radical (unpaired) electrons. The molecule has 1 aliphatic rings. The van der Waals surface area contributed by atoms with Crippen molar-refractivity contribution in [1.29, 1.82) is 0 Å². The summed E-state index contributed by atoms with van der Waals surface area (Å²) in [6, 6.07) is 0. The zero-order valence-corrected chi connectivity index (χ0v) is 11.5. The topological polar surface area (TPSA) is 60.5 Å². The van der Waals surface area contributed by atoms with Crippen molar-refractivity contribution in [3.63, 3.8) is 0 Å². The van der Waals surface area contributed by atoms with Gasteiger partial charge in [-0.25, -0.2) is 4.98 Å². The lowest BCUT2D eigenvalue weighted by molar-refractivity contribution is -0.0855. The average Bonchev–Trinajstić information content (AvgIpc) is 2.78. The quantitative estimate of drug-likeness (QED) is 0.892. The fraction of sp³-hybridized carbons (Fsp3) is 0.667. The van der Waals surface area contributed by atoms with Gasteiger partial charge < -0.3 is 14.8 Å². The Bertz CT molecular complexity index is 413. The molecule has 18 heavy (non-hydrogen) atoms. The second kappa shape index (κ2) is 6.26. The van der Waals surface area contributed by atoms with Crippen molar-refractivity contribution < 1.29 is 14.3 Å². The molecule has 0 aromatic carbocycles. The number of amides is 1. The average molecular weight is 270 g/mol. The number of rotatable bonds is 4. The summed E-state index contributed by atoms with van der Waals surface area (Å²) in [4.78, 5) is 17.0. The number of thiazole rings is 1. The molecule has 1 aromatic heterocycles. The fourth-order valence-corrected chi connectivity index (χ4v) is 2.68. The molecule has 0 bridgehead atoms. The number of aromatic nitrogens is 1. The summed E-state index contributed by atoms with van der Waals surface area (Å²) in [6.07, 6.45) is 0.819. The first-order chi connectivity index (χ1) is 8.70. The highest BCUT2D eigenvalue weighted by atomic mass is 32.1. The van der Waals surface area contributed by atoms with E-state index in [1.807, 2.05) is 13.8 Å². The molecule has 100 valence electrons. The van der Waals surface area contributed by atoms with Crippen molar-refractivity contribution >= 4 is 17.2 Å². The Morgan fingerprint density at radius 1 is 1.56 bits per heavy atom. The minimum atomic E-state index is -0.0705. The van der Waals surface area contributed by atoms with Crippen molar-refractivity contribution in [3.05, 3.63) is 15.6 Å². The molecular weight excluding hydrogens is 252 g/mol. The van der Waals surface area contributed by atoms with Gasteiger partial charge in [-0.05, 0) is 13.3 Å². The number of nitrogens with one attached hydrogen (secondary N) is 1. The molecule has 0 aliphatic carbocycles. The normalized spacial score (nSPS) is 19.8. The maximum absolute atomic E-state index is 12.0. The van der Waals surface area contributed by atoms with Crippen LogP contribution in [0, 0.1) is 6.92 Å². The Kier molecular flexibility index (Phi) is 4.68. The minimum Gasteiger partial charge on any atom is -0.376 e. The molecule has 2 heterocycles. The standard InChI is InChI=1S/C12H18N2O3S/c1-3-10-14-8(2)11(18-10)12(15)13-6-9-7-16-4-5-17-9/h9H,3-7H2,1-2H3,(H,13,15)/t9-/m1/s1. The molecule has 1 saturated heterocycles. The van der Waals surface area contributed by atoms with Gasteiger partial charge in [0.25, 0.3) is 5.91 Å². The minimum absolute atomic E-state index is 0.0402. The summed E-state index contributed by atoms with van der Waals surface area (Å²) in [5, 5.41) is 3.87. The van der Waals surface area contributed by atoms with Crippen molar-refractivity contribution in [2.45, 2.75) is 26.4 Å². The zero-order chi connectivity index (χ0) is 13.0. The highest BCUT2D eigenvalue weighted by Crippen LogP contribution is 2.18. The van der Waals surface area contributed by atoms with Crippen LogP contribution in [0.2, 0.25) is 0 Å². The number of nitrogens with zero attached hydrogens (tertiary/aromatic N) is 1. The number of carbonyl (C=O) groups excluding carboxylic acids is 1. The number of hydrogen-bond donors (Lipinski definition) is 1. The largest absolute Gasteiger partial charge is 0.376 e. The van der Waals surface area contributed by atoms with Gasteiger partial charge in [0, 0.05) is 6.54 Å². The predicted molar refractivity (Wildman–Crippen MR) is 69.1 cm³/mol. The second-order valence-electron chi connectivity index (χ2n) is 4.15. The molecule has 1 atom stereocenters. The molecular formula is C12H18N2O3S. The molecule has 2 rings (SSSR count). The molecule has 1 N–H and O–H groups in total. The van der Waals surface area contributed by atoms with Crippen molar-refractivity contribution in [2.75, 3.05) is 26.4 Å². The van der Waals surface area contributed by atoms with Gasteiger partial charge in [0.1, 0.15) is 4.88 Å². The Morgan fingerprint density at radius 3 is 3.00 bits per heavy atom. The lowest BCUT2D eigenvalue weighted by Crippen LogP contribution is -2.39. The lowest BCUT2D eigenvalue weighted by atomic mass is 10.3. The fourth-order valence-electron chi connectivity index (χ4n) is 1.76. The summed E-state index contributed by atoms with van der Waals surface area (Å²) in [5.41, 5.74) is 0.801. The summed E-state index contributed by atoms with van der Waals surface area (Å²) < 4.78 is 10.7. The predicted octanol–water partition coefficient (Wildman–Crippen LogP) is 1.16. The highest BCUT2D eigenvalue weighted by Gasteiger charge is 2.18. The molecule has 1 aliphatic heterocycles. The van der Waals surface area contributed by atoms with Crippen LogP contribution in [-0.2, 0) is 15.9 Å². The van der Waals surface area contributed by atoms with Gasteiger partial charge in [0.2, 0.25) is 0 Å². The summed E-state index contributed by atoms with van der Waals surface area (Å²) >= 11 is 1.46. The lowest BCUT2D eigenvalue weighted by Gasteiger charge is -2.22.